The predicted octanol–water partition coefficient (Wildman–Crippen LogP) is 3.12. The summed E-state index contributed by atoms with van der Waals surface area (Å²) in [6, 6.07) is -1.04. The third kappa shape index (κ3) is 2.17. The number of alkyl halides is 2. The molecular formula is C9H13F2N. The number of hydrogen-bond donors (Lipinski definition) is 0. The van der Waals surface area contributed by atoms with Gasteiger partial charge < -0.3 is 4.85 Å². The molecule has 0 amide bonds. The lowest BCUT2D eigenvalue weighted by Crippen LogP contribution is -2.26. The van der Waals surface area contributed by atoms with Crippen molar-refractivity contribution >= 4 is 0 Å². The summed E-state index contributed by atoms with van der Waals surface area (Å²) in [5.41, 5.74) is 0. The molecule has 0 aromatic carbocycles. The zero-order chi connectivity index (χ0) is 8.97. The van der Waals surface area contributed by atoms with Gasteiger partial charge in [-0.2, -0.15) is 0 Å². The molecule has 1 saturated carbocycles. The van der Waals surface area contributed by atoms with Crippen LogP contribution in [0.15, 0.2) is 0 Å². The summed E-state index contributed by atoms with van der Waals surface area (Å²) >= 11 is 0. The van der Waals surface area contributed by atoms with Gasteiger partial charge in [-0.3, -0.25) is 0 Å². The first-order valence-corrected chi connectivity index (χ1v) is 4.40. The molecule has 0 N–H and O–H groups in total. The second-order valence-electron chi connectivity index (χ2n) is 3.35. The Balaban J connectivity index is 2.47. The van der Waals surface area contributed by atoms with Crippen molar-refractivity contribution in [2.75, 3.05) is 0 Å². The SMILES string of the molecule is [C-]#[N+]C(C(F)F)C1CCCCC1. The van der Waals surface area contributed by atoms with Crippen molar-refractivity contribution in [1.82, 2.24) is 0 Å². The largest absolute Gasteiger partial charge is 0.312 e. The van der Waals surface area contributed by atoms with Crippen molar-refractivity contribution in [1.29, 1.82) is 0 Å². The predicted molar refractivity (Wildman–Crippen MR) is 43.0 cm³/mol. The summed E-state index contributed by atoms with van der Waals surface area (Å²) < 4.78 is 24.5. The van der Waals surface area contributed by atoms with Gasteiger partial charge in [-0.05, 0) is 12.8 Å². The van der Waals surface area contributed by atoms with E-state index in [1.165, 1.54) is 0 Å². The van der Waals surface area contributed by atoms with Crippen LogP contribution in [0, 0.1) is 12.5 Å². The zero-order valence-corrected chi connectivity index (χ0v) is 6.97. The van der Waals surface area contributed by atoms with E-state index in [2.05, 4.69) is 4.85 Å². The van der Waals surface area contributed by atoms with Gasteiger partial charge in [0.05, 0.1) is 0 Å². The second-order valence-corrected chi connectivity index (χ2v) is 3.35. The Morgan fingerprint density at radius 2 is 1.75 bits per heavy atom. The van der Waals surface area contributed by atoms with Crippen molar-refractivity contribution in [2.24, 2.45) is 5.92 Å². The van der Waals surface area contributed by atoms with E-state index in [1.807, 2.05) is 0 Å². The summed E-state index contributed by atoms with van der Waals surface area (Å²) in [5, 5.41) is 0. The Hall–Kier alpha value is -0.650. The lowest BCUT2D eigenvalue weighted by Gasteiger charge is -2.21. The monoisotopic (exact) mass is 173 g/mol. The van der Waals surface area contributed by atoms with Crippen molar-refractivity contribution < 1.29 is 8.78 Å². The van der Waals surface area contributed by atoms with Gasteiger partial charge >= 0.3 is 6.43 Å². The number of rotatable bonds is 2. The van der Waals surface area contributed by atoms with Gasteiger partial charge in [-0.15, -0.1) is 0 Å². The fourth-order valence-electron chi connectivity index (χ4n) is 1.84. The molecule has 0 radical (unpaired) electrons. The van der Waals surface area contributed by atoms with E-state index in [-0.39, 0.29) is 5.92 Å². The van der Waals surface area contributed by atoms with Crippen molar-refractivity contribution in [3.8, 4) is 0 Å². The summed E-state index contributed by atoms with van der Waals surface area (Å²) in [5.74, 6) is -0.0451. The standard InChI is InChI=1S/C9H13F2N/c1-12-8(9(10)11)7-5-3-2-4-6-7/h7-9H,2-6H2. The molecule has 1 aliphatic carbocycles. The van der Waals surface area contributed by atoms with Crippen LogP contribution in [-0.2, 0) is 0 Å². The molecule has 1 fully saturated rings. The van der Waals surface area contributed by atoms with Crippen LogP contribution in [-0.4, -0.2) is 12.5 Å². The number of hydrogen-bond acceptors (Lipinski definition) is 0. The molecule has 1 atom stereocenters. The number of halogens is 2. The van der Waals surface area contributed by atoms with Crippen molar-refractivity contribution in [2.45, 2.75) is 44.6 Å². The fourth-order valence-corrected chi connectivity index (χ4v) is 1.84. The average molecular weight is 173 g/mol. The molecule has 0 aliphatic heterocycles. The highest BCUT2D eigenvalue weighted by Crippen LogP contribution is 2.30. The van der Waals surface area contributed by atoms with Gasteiger partial charge in [0.1, 0.15) is 0 Å². The first-order chi connectivity index (χ1) is 5.75. The van der Waals surface area contributed by atoms with Crippen molar-refractivity contribution in [3.05, 3.63) is 11.4 Å². The molecule has 3 heteroatoms. The molecule has 1 aliphatic rings. The zero-order valence-electron chi connectivity index (χ0n) is 6.97. The highest BCUT2D eigenvalue weighted by Gasteiger charge is 2.35. The maximum Gasteiger partial charge on any atom is 0.312 e. The van der Waals surface area contributed by atoms with Gasteiger partial charge in [0, 0.05) is 5.92 Å². The summed E-state index contributed by atoms with van der Waals surface area (Å²) in [6.45, 7) is 6.67. The lowest BCUT2D eigenvalue weighted by atomic mass is 9.84. The third-order valence-corrected chi connectivity index (χ3v) is 2.54. The minimum atomic E-state index is -2.45. The highest BCUT2D eigenvalue weighted by molar-refractivity contribution is 4.89. The summed E-state index contributed by atoms with van der Waals surface area (Å²) in [4.78, 5) is 3.01. The Labute approximate surface area is 71.6 Å². The van der Waals surface area contributed by atoms with Crippen LogP contribution in [0.4, 0.5) is 8.78 Å². The molecule has 12 heavy (non-hydrogen) atoms. The smallest absolute Gasteiger partial charge is 0.307 e. The Morgan fingerprint density at radius 3 is 2.17 bits per heavy atom. The van der Waals surface area contributed by atoms with Crippen LogP contribution in [0.5, 0.6) is 0 Å². The van der Waals surface area contributed by atoms with Crippen LogP contribution < -0.4 is 0 Å². The lowest BCUT2D eigenvalue weighted by molar-refractivity contribution is 0.0943. The van der Waals surface area contributed by atoms with Crippen LogP contribution in [0.3, 0.4) is 0 Å². The van der Waals surface area contributed by atoms with E-state index in [1.54, 1.807) is 0 Å². The minimum Gasteiger partial charge on any atom is -0.307 e. The minimum absolute atomic E-state index is 0.0451. The maximum atomic E-state index is 12.3. The van der Waals surface area contributed by atoms with Gasteiger partial charge in [0.15, 0.2) is 0 Å². The Kier molecular flexibility index (Phi) is 3.46. The molecule has 1 rings (SSSR count). The number of nitrogens with zero attached hydrogens (tertiary/aromatic N) is 1. The highest BCUT2D eigenvalue weighted by atomic mass is 19.3. The van der Waals surface area contributed by atoms with Crippen LogP contribution in [0.2, 0.25) is 0 Å². The van der Waals surface area contributed by atoms with E-state index in [0.29, 0.717) is 0 Å². The van der Waals surface area contributed by atoms with E-state index < -0.39 is 12.5 Å². The van der Waals surface area contributed by atoms with E-state index >= 15 is 0 Å². The normalized spacial score (nSPS) is 22.2. The van der Waals surface area contributed by atoms with Crippen LogP contribution >= 0.6 is 0 Å². The van der Waals surface area contributed by atoms with Crippen LogP contribution in [0.25, 0.3) is 4.85 Å². The fraction of sp³-hybridized carbons (Fsp3) is 0.889. The van der Waals surface area contributed by atoms with Crippen LogP contribution in [0.1, 0.15) is 32.1 Å². The van der Waals surface area contributed by atoms with Gasteiger partial charge in [-0.1, -0.05) is 19.3 Å². The van der Waals surface area contributed by atoms with Gasteiger partial charge in [-0.25, -0.2) is 15.4 Å². The maximum absolute atomic E-state index is 12.3. The molecule has 1 nitrogen and oxygen atoms in total. The average Bonchev–Trinajstić information content (AvgIpc) is 2.07. The molecule has 0 aromatic rings. The summed E-state index contributed by atoms with van der Waals surface area (Å²) in [7, 11) is 0. The topological polar surface area (TPSA) is 4.36 Å². The molecule has 0 saturated heterocycles. The Bertz CT molecular complexity index is 168. The van der Waals surface area contributed by atoms with E-state index in [4.69, 9.17) is 6.57 Å². The quantitative estimate of drug-likeness (QED) is 0.565. The molecule has 68 valence electrons. The molecule has 0 heterocycles. The van der Waals surface area contributed by atoms with Gasteiger partial charge in [0.2, 0.25) is 0 Å². The molecular weight excluding hydrogens is 160 g/mol. The van der Waals surface area contributed by atoms with Crippen molar-refractivity contribution in [3.63, 3.8) is 0 Å². The molecule has 0 bridgehead atoms. The molecule has 0 aromatic heterocycles. The summed E-state index contributed by atoms with van der Waals surface area (Å²) in [6.07, 6.45) is 2.36. The van der Waals surface area contributed by atoms with E-state index in [0.717, 1.165) is 32.1 Å². The molecule has 0 spiro atoms. The van der Waals surface area contributed by atoms with E-state index in [9.17, 15) is 8.78 Å². The van der Waals surface area contributed by atoms with Gasteiger partial charge in [0.25, 0.3) is 6.04 Å². The molecule has 1 unspecified atom stereocenters. The first kappa shape index (κ1) is 9.44. The first-order valence-electron chi connectivity index (χ1n) is 4.40. The third-order valence-electron chi connectivity index (χ3n) is 2.54. The second kappa shape index (κ2) is 4.39. The Morgan fingerprint density at radius 1 is 1.17 bits per heavy atom.